The van der Waals surface area contributed by atoms with E-state index in [9.17, 15) is 15.4 Å². The van der Waals surface area contributed by atoms with Crippen LogP contribution in [0.5, 0.6) is 0 Å². The molecule has 5 nitrogen and oxygen atoms in total. The standard InChI is InChI=1S/C24H17ClN2O3/c25-19-13-7-12-18(14-19)21-20(15-26)23(16-8-3-1-4-9-16)30-24(22(21)27(28)29)17-10-5-2-6-11-17/h1-14,21-22,24H/t21-,22+,24+/m1/s1. The summed E-state index contributed by atoms with van der Waals surface area (Å²) in [6.07, 6.45) is -0.863. The monoisotopic (exact) mass is 416 g/mol. The fraction of sp³-hybridized carbons (Fsp3) is 0.125. The van der Waals surface area contributed by atoms with Gasteiger partial charge in [0.1, 0.15) is 5.76 Å². The topological polar surface area (TPSA) is 76.2 Å². The number of rotatable bonds is 4. The third-order valence-corrected chi connectivity index (χ3v) is 5.42. The fourth-order valence-corrected chi connectivity index (χ4v) is 4.08. The zero-order valence-corrected chi connectivity index (χ0v) is 16.6. The third kappa shape index (κ3) is 3.66. The molecule has 0 aromatic heterocycles. The molecule has 0 spiro atoms. The van der Waals surface area contributed by atoms with Crippen molar-refractivity contribution in [3.05, 3.63) is 122 Å². The van der Waals surface area contributed by atoms with Gasteiger partial charge in [-0.15, -0.1) is 0 Å². The van der Waals surface area contributed by atoms with Crippen LogP contribution in [0.15, 0.2) is 90.5 Å². The Hall–Kier alpha value is -3.62. The van der Waals surface area contributed by atoms with Crippen LogP contribution in [-0.2, 0) is 4.74 Å². The lowest BCUT2D eigenvalue weighted by atomic mass is 9.78. The number of nitriles is 1. The summed E-state index contributed by atoms with van der Waals surface area (Å²) < 4.78 is 6.20. The van der Waals surface area contributed by atoms with Crippen LogP contribution in [0.2, 0.25) is 5.02 Å². The van der Waals surface area contributed by atoms with E-state index in [0.717, 1.165) is 0 Å². The van der Waals surface area contributed by atoms with Crippen molar-refractivity contribution < 1.29 is 9.66 Å². The van der Waals surface area contributed by atoms with Crippen molar-refractivity contribution in [2.75, 3.05) is 0 Å². The first-order valence-corrected chi connectivity index (χ1v) is 9.78. The molecular formula is C24H17ClN2O3. The summed E-state index contributed by atoms with van der Waals surface area (Å²) in [4.78, 5) is 11.9. The molecule has 1 aliphatic heterocycles. The third-order valence-electron chi connectivity index (χ3n) is 5.19. The first kappa shape index (κ1) is 19.7. The fourth-order valence-electron chi connectivity index (χ4n) is 3.88. The van der Waals surface area contributed by atoms with Crippen LogP contribution in [0.1, 0.15) is 28.7 Å². The van der Waals surface area contributed by atoms with E-state index < -0.39 is 18.1 Å². The van der Waals surface area contributed by atoms with Gasteiger partial charge in [-0.1, -0.05) is 84.4 Å². The van der Waals surface area contributed by atoms with Crippen LogP contribution < -0.4 is 0 Å². The van der Waals surface area contributed by atoms with E-state index in [1.165, 1.54) is 0 Å². The quantitative estimate of drug-likeness (QED) is 0.399. The molecule has 0 fully saturated rings. The molecule has 0 amide bonds. The van der Waals surface area contributed by atoms with Crippen molar-refractivity contribution in [1.82, 2.24) is 0 Å². The lowest BCUT2D eigenvalue weighted by molar-refractivity contribution is -0.539. The van der Waals surface area contributed by atoms with Gasteiger partial charge in [0.25, 0.3) is 6.04 Å². The largest absolute Gasteiger partial charge is 0.477 e. The molecule has 0 unspecified atom stereocenters. The normalized spacial score (nSPS) is 20.9. The van der Waals surface area contributed by atoms with Crippen molar-refractivity contribution >= 4 is 17.4 Å². The summed E-state index contributed by atoms with van der Waals surface area (Å²) in [5, 5.41) is 22.8. The second-order valence-electron chi connectivity index (χ2n) is 6.98. The zero-order chi connectivity index (χ0) is 21.1. The number of hydrogen-bond acceptors (Lipinski definition) is 4. The predicted molar refractivity (Wildman–Crippen MR) is 114 cm³/mol. The molecule has 148 valence electrons. The van der Waals surface area contributed by atoms with Gasteiger partial charge in [0, 0.05) is 15.5 Å². The molecule has 3 aromatic rings. The maximum absolute atomic E-state index is 12.3. The first-order chi connectivity index (χ1) is 14.6. The van der Waals surface area contributed by atoms with Crippen molar-refractivity contribution in [3.8, 4) is 6.07 Å². The van der Waals surface area contributed by atoms with Crippen molar-refractivity contribution in [1.29, 1.82) is 5.26 Å². The van der Waals surface area contributed by atoms with Crippen LogP contribution in [0.4, 0.5) is 0 Å². The van der Waals surface area contributed by atoms with Gasteiger partial charge in [0.2, 0.25) is 0 Å². The summed E-state index contributed by atoms with van der Waals surface area (Å²) in [7, 11) is 0. The van der Waals surface area contributed by atoms with Crippen molar-refractivity contribution in [3.63, 3.8) is 0 Å². The molecule has 30 heavy (non-hydrogen) atoms. The highest BCUT2D eigenvalue weighted by Gasteiger charge is 2.49. The molecule has 0 aliphatic carbocycles. The van der Waals surface area contributed by atoms with Crippen LogP contribution >= 0.6 is 11.6 Å². The minimum atomic E-state index is -1.19. The molecule has 0 radical (unpaired) electrons. The smallest absolute Gasteiger partial charge is 0.265 e. The number of hydrogen-bond donors (Lipinski definition) is 0. The lowest BCUT2D eigenvalue weighted by Gasteiger charge is -2.35. The van der Waals surface area contributed by atoms with E-state index in [1.807, 2.05) is 48.5 Å². The molecule has 0 saturated heterocycles. The van der Waals surface area contributed by atoms with Gasteiger partial charge in [0.05, 0.1) is 17.6 Å². The van der Waals surface area contributed by atoms with Gasteiger partial charge in [-0.2, -0.15) is 5.26 Å². The van der Waals surface area contributed by atoms with E-state index >= 15 is 0 Å². The SMILES string of the molecule is N#CC1=C(c2ccccc2)O[C@@H](c2ccccc2)[C@@H]([N+](=O)[O-])[C@@H]1c1cccc(Cl)c1. The van der Waals surface area contributed by atoms with Crippen LogP contribution in [0.25, 0.3) is 5.76 Å². The Bertz CT molecular complexity index is 1140. The van der Waals surface area contributed by atoms with Gasteiger partial charge in [-0.05, 0) is 23.3 Å². The maximum Gasteiger partial charge on any atom is 0.265 e. The average Bonchev–Trinajstić information content (AvgIpc) is 2.78. The number of halogens is 1. The van der Waals surface area contributed by atoms with Gasteiger partial charge in [-0.25, -0.2) is 0 Å². The minimum absolute atomic E-state index is 0.220. The lowest BCUT2D eigenvalue weighted by Crippen LogP contribution is -2.39. The Kier molecular flexibility index (Phi) is 5.51. The first-order valence-electron chi connectivity index (χ1n) is 9.40. The Morgan fingerprint density at radius 3 is 2.17 bits per heavy atom. The zero-order valence-electron chi connectivity index (χ0n) is 15.8. The molecule has 3 aromatic carbocycles. The highest BCUT2D eigenvalue weighted by Crippen LogP contribution is 2.47. The molecule has 1 heterocycles. The second-order valence-corrected chi connectivity index (χ2v) is 7.41. The second kappa shape index (κ2) is 8.40. The van der Waals surface area contributed by atoms with Crippen molar-refractivity contribution in [2.24, 2.45) is 0 Å². The van der Waals surface area contributed by atoms with Crippen LogP contribution in [-0.4, -0.2) is 11.0 Å². The van der Waals surface area contributed by atoms with Crippen LogP contribution in [0.3, 0.4) is 0 Å². The van der Waals surface area contributed by atoms with E-state index in [0.29, 0.717) is 27.5 Å². The van der Waals surface area contributed by atoms with E-state index in [-0.39, 0.29) is 10.5 Å². The van der Waals surface area contributed by atoms with Gasteiger partial charge < -0.3 is 4.74 Å². The van der Waals surface area contributed by atoms with Gasteiger partial charge in [0.15, 0.2) is 6.10 Å². The molecular weight excluding hydrogens is 400 g/mol. The van der Waals surface area contributed by atoms with E-state index in [2.05, 4.69) is 6.07 Å². The number of nitrogens with zero attached hydrogens (tertiary/aromatic N) is 2. The summed E-state index contributed by atoms with van der Waals surface area (Å²) >= 11 is 6.19. The number of nitro groups is 1. The van der Waals surface area contributed by atoms with Gasteiger partial charge in [-0.3, -0.25) is 10.1 Å². The maximum atomic E-state index is 12.3. The molecule has 0 saturated carbocycles. The highest BCUT2D eigenvalue weighted by molar-refractivity contribution is 6.30. The number of benzene rings is 3. The summed E-state index contributed by atoms with van der Waals surface area (Å²) in [6, 6.07) is 26.2. The molecule has 0 bridgehead atoms. The molecule has 0 N–H and O–H groups in total. The molecule has 3 atom stereocenters. The highest BCUT2D eigenvalue weighted by atomic mass is 35.5. The molecule has 4 rings (SSSR count). The Morgan fingerprint density at radius 1 is 0.933 bits per heavy atom. The summed E-state index contributed by atoms with van der Waals surface area (Å²) in [6.45, 7) is 0. The van der Waals surface area contributed by atoms with E-state index in [4.69, 9.17) is 16.3 Å². The summed E-state index contributed by atoms with van der Waals surface area (Å²) in [5.41, 5.74) is 2.20. The Balaban J connectivity index is 1.98. The van der Waals surface area contributed by atoms with Crippen LogP contribution in [0, 0.1) is 21.4 Å². The predicted octanol–water partition coefficient (Wildman–Crippen LogP) is 5.78. The summed E-state index contributed by atoms with van der Waals surface area (Å²) in [5.74, 6) is -0.451. The Morgan fingerprint density at radius 2 is 1.57 bits per heavy atom. The number of ether oxygens (including phenoxy) is 1. The minimum Gasteiger partial charge on any atom is -0.477 e. The van der Waals surface area contributed by atoms with E-state index in [1.54, 1.807) is 36.4 Å². The van der Waals surface area contributed by atoms with Crippen molar-refractivity contribution in [2.45, 2.75) is 18.1 Å². The van der Waals surface area contributed by atoms with Gasteiger partial charge >= 0.3 is 0 Å². The molecule has 6 heteroatoms. The Labute approximate surface area is 179 Å². The average molecular weight is 417 g/mol. The molecule has 1 aliphatic rings.